The number of aromatic nitrogens is 2. The number of halogens is 2. The highest BCUT2D eigenvalue weighted by molar-refractivity contribution is 9.10. The van der Waals surface area contributed by atoms with E-state index in [9.17, 15) is 0 Å². The van der Waals surface area contributed by atoms with Crippen LogP contribution in [-0.4, -0.2) is 9.55 Å². The number of hydrogen-bond donors (Lipinski definition) is 1. The summed E-state index contributed by atoms with van der Waals surface area (Å²) in [5.41, 5.74) is 4.38. The molecule has 1 N–H and O–H groups in total. The van der Waals surface area contributed by atoms with Crippen molar-refractivity contribution in [2.45, 2.75) is 6.92 Å². The van der Waals surface area contributed by atoms with Gasteiger partial charge in [0.15, 0.2) is 4.77 Å². The van der Waals surface area contributed by atoms with Crippen LogP contribution in [0.1, 0.15) is 5.56 Å². The van der Waals surface area contributed by atoms with Gasteiger partial charge in [0.1, 0.15) is 0 Å². The summed E-state index contributed by atoms with van der Waals surface area (Å²) in [7, 11) is 0. The smallest absolute Gasteiger partial charge is 0.182 e. The molecule has 5 heteroatoms. The van der Waals surface area contributed by atoms with Crippen LogP contribution in [0.3, 0.4) is 0 Å². The van der Waals surface area contributed by atoms with Crippen molar-refractivity contribution in [1.29, 1.82) is 0 Å². The maximum absolute atomic E-state index is 5.46. The third-order valence-electron chi connectivity index (χ3n) is 3.06. The van der Waals surface area contributed by atoms with Crippen molar-refractivity contribution < 1.29 is 0 Å². The van der Waals surface area contributed by atoms with Crippen LogP contribution in [0.15, 0.2) is 45.3 Å². The molecular weight excluding hydrogens is 388 g/mol. The fourth-order valence-corrected chi connectivity index (χ4v) is 3.16. The first-order chi connectivity index (χ1) is 9.06. The average molecular weight is 398 g/mol. The van der Waals surface area contributed by atoms with Crippen LogP contribution in [0.25, 0.3) is 16.7 Å². The van der Waals surface area contributed by atoms with Gasteiger partial charge >= 0.3 is 0 Å². The van der Waals surface area contributed by atoms with Gasteiger partial charge in [-0.25, -0.2) is 0 Å². The minimum atomic E-state index is 0.703. The summed E-state index contributed by atoms with van der Waals surface area (Å²) in [5.74, 6) is 0. The van der Waals surface area contributed by atoms with Gasteiger partial charge in [-0.1, -0.05) is 37.9 Å². The van der Waals surface area contributed by atoms with Gasteiger partial charge < -0.3 is 4.98 Å². The number of imidazole rings is 1. The summed E-state index contributed by atoms with van der Waals surface area (Å²) in [5, 5.41) is 0. The molecule has 0 amide bonds. The molecule has 0 fully saturated rings. The number of H-pyrrole nitrogens is 1. The molecule has 0 spiro atoms. The molecule has 3 rings (SSSR count). The number of hydrogen-bond acceptors (Lipinski definition) is 1. The molecule has 0 aliphatic carbocycles. The zero-order valence-electron chi connectivity index (χ0n) is 10.1. The highest BCUT2D eigenvalue weighted by Gasteiger charge is 2.09. The number of rotatable bonds is 1. The molecule has 1 heterocycles. The van der Waals surface area contributed by atoms with Crippen LogP contribution in [0, 0.1) is 11.7 Å². The zero-order valence-corrected chi connectivity index (χ0v) is 14.1. The monoisotopic (exact) mass is 396 g/mol. The van der Waals surface area contributed by atoms with Crippen molar-refractivity contribution in [2.24, 2.45) is 0 Å². The van der Waals surface area contributed by atoms with Gasteiger partial charge in [0.05, 0.1) is 16.7 Å². The SMILES string of the molecule is Cc1ccc(Br)cc1-n1c(=S)[nH]c2cc(Br)ccc21. The van der Waals surface area contributed by atoms with Crippen molar-refractivity contribution in [2.75, 3.05) is 0 Å². The summed E-state index contributed by atoms with van der Waals surface area (Å²) in [6, 6.07) is 12.3. The van der Waals surface area contributed by atoms with E-state index in [2.05, 4.69) is 66.5 Å². The maximum atomic E-state index is 5.46. The Morgan fingerprint density at radius 1 is 1.05 bits per heavy atom. The first-order valence-electron chi connectivity index (χ1n) is 5.73. The van der Waals surface area contributed by atoms with Crippen LogP contribution < -0.4 is 0 Å². The fourth-order valence-electron chi connectivity index (χ4n) is 2.15. The number of aromatic amines is 1. The van der Waals surface area contributed by atoms with Crippen molar-refractivity contribution >= 4 is 55.1 Å². The second-order valence-corrected chi connectivity index (χ2v) is 6.58. The number of aryl methyl sites for hydroxylation is 1. The molecule has 0 aliphatic heterocycles. The third kappa shape index (κ3) is 2.30. The van der Waals surface area contributed by atoms with Crippen molar-refractivity contribution in [3.05, 3.63) is 55.7 Å². The second kappa shape index (κ2) is 4.89. The molecule has 19 heavy (non-hydrogen) atoms. The molecule has 2 nitrogen and oxygen atoms in total. The highest BCUT2D eigenvalue weighted by atomic mass is 79.9. The molecular formula is C14H10Br2N2S. The van der Waals surface area contributed by atoms with E-state index in [0.29, 0.717) is 4.77 Å². The summed E-state index contributed by atoms with van der Waals surface area (Å²) < 4.78 is 4.85. The Labute approximate surface area is 132 Å². The molecule has 1 aromatic heterocycles. The van der Waals surface area contributed by atoms with Gasteiger partial charge in [-0.3, -0.25) is 4.57 Å². The van der Waals surface area contributed by atoms with Gasteiger partial charge in [0.25, 0.3) is 0 Å². The minimum Gasteiger partial charge on any atom is -0.330 e. The number of nitrogens with one attached hydrogen (secondary N) is 1. The van der Waals surface area contributed by atoms with E-state index < -0.39 is 0 Å². The standard InChI is InChI=1S/C14H10Br2N2S/c1-8-2-3-10(16)7-13(8)18-12-5-4-9(15)6-11(12)17-14(18)19/h2-7H,1H3,(H,17,19). The average Bonchev–Trinajstić information content (AvgIpc) is 2.67. The maximum Gasteiger partial charge on any atom is 0.182 e. The Kier molecular flexibility index (Phi) is 3.37. The molecule has 2 aromatic carbocycles. The Balaban J connectivity index is 2.39. The lowest BCUT2D eigenvalue weighted by atomic mass is 10.2. The topological polar surface area (TPSA) is 20.7 Å². The number of benzene rings is 2. The Morgan fingerprint density at radius 2 is 1.74 bits per heavy atom. The van der Waals surface area contributed by atoms with Crippen molar-refractivity contribution in [3.8, 4) is 5.69 Å². The fraction of sp³-hybridized carbons (Fsp3) is 0.0714. The molecule has 96 valence electrons. The Hall–Kier alpha value is -0.910. The zero-order chi connectivity index (χ0) is 13.6. The van der Waals surface area contributed by atoms with Crippen molar-refractivity contribution in [1.82, 2.24) is 9.55 Å². The van der Waals surface area contributed by atoms with Crippen LogP contribution in [-0.2, 0) is 0 Å². The van der Waals surface area contributed by atoms with E-state index in [1.807, 2.05) is 18.2 Å². The van der Waals surface area contributed by atoms with E-state index in [-0.39, 0.29) is 0 Å². The summed E-state index contributed by atoms with van der Waals surface area (Å²) >= 11 is 12.5. The number of nitrogens with zero attached hydrogens (tertiary/aromatic N) is 1. The molecule has 0 aliphatic rings. The largest absolute Gasteiger partial charge is 0.330 e. The van der Waals surface area contributed by atoms with Gasteiger partial charge in [0.2, 0.25) is 0 Å². The van der Waals surface area contributed by atoms with Crippen LogP contribution in [0.4, 0.5) is 0 Å². The predicted molar refractivity (Wildman–Crippen MR) is 88.6 cm³/mol. The quantitative estimate of drug-likeness (QED) is 0.536. The molecule has 0 saturated heterocycles. The van der Waals surface area contributed by atoms with Crippen LogP contribution in [0.5, 0.6) is 0 Å². The minimum absolute atomic E-state index is 0.703. The normalized spacial score (nSPS) is 11.1. The van der Waals surface area contributed by atoms with Gasteiger partial charge in [-0.2, -0.15) is 0 Å². The molecule has 0 unspecified atom stereocenters. The van der Waals surface area contributed by atoms with Crippen LogP contribution in [0.2, 0.25) is 0 Å². The first-order valence-corrected chi connectivity index (χ1v) is 7.72. The number of fused-ring (bicyclic) bond motifs is 1. The summed E-state index contributed by atoms with van der Waals surface area (Å²) in [6.07, 6.45) is 0. The van der Waals surface area contributed by atoms with E-state index in [1.54, 1.807) is 0 Å². The Morgan fingerprint density at radius 3 is 2.53 bits per heavy atom. The molecule has 0 atom stereocenters. The molecule has 0 bridgehead atoms. The highest BCUT2D eigenvalue weighted by Crippen LogP contribution is 2.26. The van der Waals surface area contributed by atoms with Gasteiger partial charge in [-0.05, 0) is 55.0 Å². The van der Waals surface area contributed by atoms with E-state index in [1.165, 1.54) is 5.56 Å². The summed E-state index contributed by atoms with van der Waals surface area (Å²) in [4.78, 5) is 3.25. The lowest BCUT2D eigenvalue weighted by Gasteiger charge is -2.09. The van der Waals surface area contributed by atoms with Gasteiger partial charge in [0, 0.05) is 8.95 Å². The lowest BCUT2D eigenvalue weighted by Crippen LogP contribution is -1.97. The lowest BCUT2D eigenvalue weighted by molar-refractivity contribution is 1.05. The molecule has 3 aromatic rings. The molecule has 0 saturated carbocycles. The van der Waals surface area contributed by atoms with E-state index >= 15 is 0 Å². The van der Waals surface area contributed by atoms with Crippen molar-refractivity contribution in [3.63, 3.8) is 0 Å². The summed E-state index contributed by atoms with van der Waals surface area (Å²) in [6.45, 7) is 2.08. The van der Waals surface area contributed by atoms with Gasteiger partial charge in [-0.15, -0.1) is 0 Å². The van der Waals surface area contributed by atoms with Crippen LogP contribution >= 0.6 is 44.1 Å². The first kappa shape index (κ1) is 13.1. The third-order valence-corrected chi connectivity index (χ3v) is 4.33. The predicted octanol–water partition coefficient (Wildman–Crippen LogP) is 5.52. The van der Waals surface area contributed by atoms with E-state index in [0.717, 1.165) is 25.7 Å². The Bertz CT molecular complexity index is 833. The van der Waals surface area contributed by atoms with E-state index in [4.69, 9.17) is 12.2 Å². The second-order valence-electron chi connectivity index (χ2n) is 4.36. The molecule has 0 radical (unpaired) electrons.